The number of anilines is 1. The summed E-state index contributed by atoms with van der Waals surface area (Å²) in [6.07, 6.45) is 7.41. The van der Waals surface area contributed by atoms with Crippen molar-refractivity contribution in [2.45, 2.75) is 37.8 Å². The standard InChI is InChI=1S/C17H27N3O/c1-3-4-7-16(21)14-19(2)15-9-12-20(13-10-15)17-8-5-6-11-18-17/h3,5-6,8,11,15-16,21H,1,4,7,9-10,12-14H2,2H3/t16-/m0/s1. The SMILES string of the molecule is C=CCC[C@H](O)CN(C)C1CCN(c2ccccn2)CC1. The van der Waals surface area contributed by atoms with Crippen LogP contribution < -0.4 is 4.90 Å². The van der Waals surface area contributed by atoms with Crippen molar-refractivity contribution in [2.24, 2.45) is 0 Å². The van der Waals surface area contributed by atoms with Crippen LogP contribution in [0.1, 0.15) is 25.7 Å². The lowest BCUT2D eigenvalue weighted by Crippen LogP contribution is -2.45. The Morgan fingerprint density at radius 3 is 2.86 bits per heavy atom. The minimum Gasteiger partial charge on any atom is -0.392 e. The predicted octanol–water partition coefficient (Wildman–Crippen LogP) is 2.31. The number of hydrogen-bond acceptors (Lipinski definition) is 4. The van der Waals surface area contributed by atoms with E-state index < -0.39 is 0 Å². The van der Waals surface area contributed by atoms with Crippen LogP contribution >= 0.6 is 0 Å². The van der Waals surface area contributed by atoms with E-state index in [0.29, 0.717) is 6.04 Å². The quantitative estimate of drug-likeness (QED) is 0.782. The first-order chi connectivity index (χ1) is 10.2. The third kappa shape index (κ3) is 4.83. The molecule has 1 aromatic rings. The van der Waals surface area contributed by atoms with Crippen molar-refractivity contribution in [1.29, 1.82) is 0 Å². The average molecular weight is 289 g/mol. The van der Waals surface area contributed by atoms with Gasteiger partial charge in [0.2, 0.25) is 0 Å². The van der Waals surface area contributed by atoms with Crippen molar-refractivity contribution in [2.75, 3.05) is 31.6 Å². The topological polar surface area (TPSA) is 39.6 Å². The van der Waals surface area contributed by atoms with Gasteiger partial charge in [0.15, 0.2) is 0 Å². The molecule has 0 amide bonds. The number of nitrogens with zero attached hydrogens (tertiary/aromatic N) is 3. The summed E-state index contributed by atoms with van der Waals surface area (Å²) < 4.78 is 0. The van der Waals surface area contributed by atoms with E-state index >= 15 is 0 Å². The second-order valence-corrected chi connectivity index (χ2v) is 5.87. The third-order valence-electron chi connectivity index (χ3n) is 4.26. The van der Waals surface area contributed by atoms with E-state index in [-0.39, 0.29) is 6.10 Å². The molecule has 21 heavy (non-hydrogen) atoms. The van der Waals surface area contributed by atoms with E-state index in [1.54, 1.807) is 0 Å². The van der Waals surface area contributed by atoms with Crippen molar-refractivity contribution >= 4 is 5.82 Å². The molecule has 2 rings (SSSR count). The Labute approximate surface area is 128 Å². The van der Waals surface area contributed by atoms with Gasteiger partial charge in [0.1, 0.15) is 5.82 Å². The number of rotatable bonds is 7. The molecule has 1 fully saturated rings. The Morgan fingerprint density at radius 1 is 1.48 bits per heavy atom. The van der Waals surface area contributed by atoms with Gasteiger partial charge in [-0.2, -0.15) is 0 Å². The maximum absolute atomic E-state index is 10.0. The first kappa shape index (κ1) is 16.0. The molecule has 0 radical (unpaired) electrons. The number of hydrogen-bond donors (Lipinski definition) is 1. The summed E-state index contributed by atoms with van der Waals surface area (Å²) in [6.45, 7) is 6.53. The first-order valence-electron chi connectivity index (χ1n) is 7.86. The van der Waals surface area contributed by atoms with Crippen molar-refractivity contribution in [3.63, 3.8) is 0 Å². The highest BCUT2D eigenvalue weighted by molar-refractivity contribution is 5.38. The molecule has 116 valence electrons. The van der Waals surface area contributed by atoms with Gasteiger partial charge >= 0.3 is 0 Å². The Hall–Kier alpha value is -1.39. The van der Waals surface area contributed by atoms with Crippen molar-refractivity contribution in [1.82, 2.24) is 9.88 Å². The Kier molecular flexibility index (Phi) is 6.21. The fourth-order valence-corrected chi connectivity index (χ4v) is 2.96. The van der Waals surface area contributed by atoms with Gasteiger partial charge in [0.05, 0.1) is 6.10 Å². The molecule has 1 aliphatic rings. The van der Waals surface area contributed by atoms with Crippen LogP contribution in [-0.2, 0) is 0 Å². The van der Waals surface area contributed by atoms with Gasteiger partial charge in [-0.05, 0) is 44.9 Å². The highest BCUT2D eigenvalue weighted by atomic mass is 16.3. The smallest absolute Gasteiger partial charge is 0.128 e. The molecule has 0 spiro atoms. The number of aromatic nitrogens is 1. The Morgan fingerprint density at radius 2 is 2.24 bits per heavy atom. The highest BCUT2D eigenvalue weighted by Gasteiger charge is 2.24. The van der Waals surface area contributed by atoms with Crippen LogP contribution in [0.4, 0.5) is 5.82 Å². The van der Waals surface area contributed by atoms with Gasteiger partial charge in [-0.15, -0.1) is 6.58 Å². The van der Waals surface area contributed by atoms with Gasteiger partial charge in [0.25, 0.3) is 0 Å². The molecule has 0 aromatic carbocycles. The summed E-state index contributed by atoms with van der Waals surface area (Å²) in [7, 11) is 2.12. The largest absolute Gasteiger partial charge is 0.392 e. The molecular weight excluding hydrogens is 262 g/mol. The van der Waals surface area contributed by atoms with Crippen LogP contribution in [0, 0.1) is 0 Å². The molecular formula is C17H27N3O. The average Bonchev–Trinajstić information content (AvgIpc) is 2.54. The summed E-state index contributed by atoms with van der Waals surface area (Å²) in [6, 6.07) is 6.62. The highest BCUT2D eigenvalue weighted by Crippen LogP contribution is 2.20. The molecule has 0 aliphatic carbocycles. The summed E-state index contributed by atoms with van der Waals surface area (Å²) >= 11 is 0. The van der Waals surface area contributed by atoms with Crippen LogP contribution in [0.15, 0.2) is 37.1 Å². The second-order valence-electron chi connectivity index (χ2n) is 5.87. The fraction of sp³-hybridized carbons (Fsp3) is 0.588. The van der Waals surface area contributed by atoms with Crippen LogP contribution in [0.2, 0.25) is 0 Å². The monoisotopic (exact) mass is 289 g/mol. The summed E-state index contributed by atoms with van der Waals surface area (Å²) in [4.78, 5) is 9.07. The summed E-state index contributed by atoms with van der Waals surface area (Å²) in [5, 5.41) is 10.0. The minimum absolute atomic E-state index is 0.248. The van der Waals surface area contributed by atoms with Crippen molar-refractivity contribution in [3.05, 3.63) is 37.1 Å². The Bertz CT molecular complexity index is 415. The molecule has 1 saturated heterocycles. The van der Waals surface area contributed by atoms with Gasteiger partial charge in [-0.1, -0.05) is 12.1 Å². The lowest BCUT2D eigenvalue weighted by Gasteiger charge is -2.38. The molecule has 2 heterocycles. The van der Waals surface area contributed by atoms with E-state index in [0.717, 1.165) is 51.1 Å². The summed E-state index contributed by atoms with van der Waals surface area (Å²) in [5.41, 5.74) is 0. The van der Waals surface area contributed by atoms with Crippen LogP contribution in [0.5, 0.6) is 0 Å². The molecule has 1 aliphatic heterocycles. The number of pyridine rings is 1. The predicted molar refractivity (Wildman–Crippen MR) is 87.5 cm³/mol. The van der Waals surface area contributed by atoms with E-state index in [2.05, 4.69) is 34.5 Å². The van der Waals surface area contributed by atoms with Crippen LogP contribution in [0.3, 0.4) is 0 Å². The maximum atomic E-state index is 10.0. The molecule has 0 unspecified atom stereocenters. The lowest BCUT2D eigenvalue weighted by atomic mass is 10.0. The van der Waals surface area contributed by atoms with Crippen molar-refractivity contribution in [3.8, 4) is 0 Å². The Balaban J connectivity index is 1.76. The number of piperidine rings is 1. The number of likely N-dealkylation sites (N-methyl/N-ethyl adjacent to an activating group) is 1. The number of aliphatic hydroxyl groups excluding tert-OH is 1. The van der Waals surface area contributed by atoms with Gasteiger partial charge in [-0.25, -0.2) is 4.98 Å². The normalized spacial score (nSPS) is 18.0. The molecule has 4 heteroatoms. The number of allylic oxidation sites excluding steroid dienone is 1. The molecule has 4 nitrogen and oxygen atoms in total. The zero-order chi connectivity index (χ0) is 15.1. The molecule has 0 saturated carbocycles. The van der Waals surface area contributed by atoms with Gasteiger partial charge in [0, 0.05) is 31.9 Å². The third-order valence-corrected chi connectivity index (χ3v) is 4.26. The zero-order valence-electron chi connectivity index (χ0n) is 13.0. The fourth-order valence-electron chi connectivity index (χ4n) is 2.96. The van der Waals surface area contributed by atoms with E-state index in [1.165, 1.54) is 0 Å². The van der Waals surface area contributed by atoms with Crippen molar-refractivity contribution < 1.29 is 5.11 Å². The molecule has 0 bridgehead atoms. The molecule has 1 N–H and O–H groups in total. The van der Waals surface area contributed by atoms with E-state index in [9.17, 15) is 5.11 Å². The summed E-state index contributed by atoms with van der Waals surface area (Å²) in [5.74, 6) is 1.07. The zero-order valence-corrected chi connectivity index (χ0v) is 13.0. The van der Waals surface area contributed by atoms with Crippen LogP contribution in [0.25, 0.3) is 0 Å². The van der Waals surface area contributed by atoms with E-state index in [4.69, 9.17) is 0 Å². The molecule has 1 atom stereocenters. The number of aliphatic hydroxyl groups is 1. The minimum atomic E-state index is -0.248. The van der Waals surface area contributed by atoms with E-state index in [1.807, 2.05) is 24.4 Å². The second kappa shape index (κ2) is 8.15. The van der Waals surface area contributed by atoms with Crippen LogP contribution in [-0.4, -0.2) is 53.8 Å². The van der Waals surface area contributed by atoms with Gasteiger partial charge in [-0.3, -0.25) is 0 Å². The molecule has 1 aromatic heterocycles. The van der Waals surface area contributed by atoms with Gasteiger partial charge < -0.3 is 14.9 Å². The maximum Gasteiger partial charge on any atom is 0.128 e. The lowest BCUT2D eigenvalue weighted by molar-refractivity contribution is 0.0905. The first-order valence-corrected chi connectivity index (χ1v) is 7.86.